The van der Waals surface area contributed by atoms with Crippen LogP contribution in [0.5, 0.6) is 0 Å². The summed E-state index contributed by atoms with van der Waals surface area (Å²) in [6.45, 7) is 3.21. The summed E-state index contributed by atoms with van der Waals surface area (Å²) in [7, 11) is 0. The Bertz CT molecular complexity index is 707. The van der Waals surface area contributed by atoms with Gasteiger partial charge in [-0.25, -0.2) is 0 Å². The van der Waals surface area contributed by atoms with Crippen LogP contribution in [0.1, 0.15) is 34.3 Å². The second-order valence-corrected chi connectivity index (χ2v) is 7.36. The molecule has 25 heavy (non-hydrogen) atoms. The Labute approximate surface area is 156 Å². The van der Waals surface area contributed by atoms with Gasteiger partial charge in [-0.3, -0.25) is 4.79 Å². The molecule has 132 valence electrons. The Morgan fingerprint density at radius 2 is 1.60 bits per heavy atom. The zero-order valence-electron chi connectivity index (χ0n) is 14.6. The van der Waals surface area contributed by atoms with E-state index in [-0.39, 0.29) is 18.3 Å². The molecule has 1 aliphatic carbocycles. The highest BCUT2D eigenvalue weighted by Crippen LogP contribution is 2.29. The van der Waals surface area contributed by atoms with Gasteiger partial charge >= 0.3 is 0 Å². The van der Waals surface area contributed by atoms with Gasteiger partial charge in [0.2, 0.25) is 0 Å². The van der Waals surface area contributed by atoms with Gasteiger partial charge in [-0.15, -0.1) is 12.4 Å². The number of hydrogen-bond donors (Lipinski definition) is 0. The molecule has 1 heterocycles. The smallest absolute Gasteiger partial charge is 0.167 e. The SMILES string of the molecule is Cl.O=C1c2ccccc2CC1CN1CCC(Cc2ccccc2)CC1. The van der Waals surface area contributed by atoms with E-state index in [9.17, 15) is 4.79 Å². The first kappa shape index (κ1) is 18.2. The summed E-state index contributed by atoms with van der Waals surface area (Å²) in [6, 6.07) is 19.0. The van der Waals surface area contributed by atoms with E-state index in [1.165, 1.54) is 30.4 Å². The standard InChI is InChI=1S/C22H25NO.ClH/c24-22-20(15-19-8-4-5-9-21(19)22)16-23-12-10-18(11-13-23)14-17-6-2-1-3-7-17;/h1-9,18,20H,10-16H2;1H. The lowest BCUT2D eigenvalue weighted by Crippen LogP contribution is -2.38. The van der Waals surface area contributed by atoms with E-state index < -0.39 is 0 Å². The van der Waals surface area contributed by atoms with Crippen LogP contribution in [0, 0.1) is 11.8 Å². The third kappa shape index (κ3) is 4.13. The van der Waals surface area contributed by atoms with E-state index in [1.54, 1.807) is 0 Å². The van der Waals surface area contributed by atoms with Crippen LogP contribution < -0.4 is 0 Å². The molecule has 1 atom stereocenters. The highest BCUT2D eigenvalue weighted by Gasteiger charge is 2.32. The minimum Gasteiger partial charge on any atom is -0.303 e. The Morgan fingerprint density at radius 1 is 0.920 bits per heavy atom. The number of Topliss-reactive ketones (excluding diaryl/α,β-unsaturated/α-hetero) is 1. The van der Waals surface area contributed by atoms with Gasteiger partial charge in [-0.05, 0) is 55.8 Å². The fourth-order valence-corrected chi connectivity index (χ4v) is 4.30. The van der Waals surface area contributed by atoms with Gasteiger partial charge in [-0.2, -0.15) is 0 Å². The molecule has 2 aromatic carbocycles. The molecule has 2 aliphatic rings. The fraction of sp³-hybridized carbons (Fsp3) is 0.409. The van der Waals surface area contributed by atoms with Gasteiger partial charge in [-0.1, -0.05) is 54.6 Å². The number of carbonyl (C=O) groups is 1. The summed E-state index contributed by atoms with van der Waals surface area (Å²) in [5.74, 6) is 1.32. The molecular weight excluding hydrogens is 330 g/mol. The number of nitrogens with zero attached hydrogens (tertiary/aromatic N) is 1. The molecule has 1 unspecified atom stereocenters. The zero-order chi connectivity index (χ0) is 16.4. The van der Waals surface area contributed by atoms with Crippen LogP contribution in [0.15, 0.2) is 54.6 Å². The molecule has 0 radical (unpaired) electrons. The maximum absolute atomic E-state index is 12.5. The molecule has 0 aromatic heterocycles. The Balaban J connectivity index is 0.00000182. The van der Waals surface area contributed by atoms with E-state index in [1.807, 2.05) is 18.2 Å². The van der Waals surface area contributed by atoms with Gasteiger partial charge in [0, 0.05) is 18.0 Å². The van der Waals surface area contributed by atoms with Crippen LogP contribution in [-0.4, -0.2) is 30.3 Å². The van der Waals surface area contributed by atoms with Crippen molar-refractivity contribution in [2.24, 2.45) is 11.8 Å². The summed E-state index contributed by atoms with van der Waals surface area (Å²) in [6.07, 6.45) is 4.63. The number of likely N-dealkylation sites (tertiary alicyclic amines) is 1. The van der Waals surface area contributed by atoms with Crippen molar-refractivity contribution in [2.45, 2.75) is 25.7 Å². The maximum atomic E-state index is 12.5. The van der Waals surface area contributed by atoms with E-state index in [2.05, 4.69) is 41.3 Å². The zero-order valence-corrected chi connectivity index (χ0v) is 15.4. The summed E-state index contributed by atoms with van der Waals surface area (Å²) in [5, 5.41) is 0. The molecule has 0 spiro atoms. The lowest BCUT2D eigenvalue weighted by Gasteiger charge is -2.33. The second-order valence-electron chi connectivity index (χ2n) is 7.36. The van der Waals surface area contributed by atoms with Crippen molar-refractivity contribution in [1.29, 1.82) is 0 Å². The molecule has 1 fully saturated rings. The van der Waals surface area contributed by atoms with E-state index in [0.29, 0.717) is 5.78 Å². The molecule has 3 heteroatoms. The molecule has 1 saturated heterocycles. The quantitative estimate of drug-likeness (QED) is 0.809. The number of ketones is 1. The van der Waals surface area contributed by atoms with Crippen LogP contribution in [0.4, 0.5) is 0 Å². The molecule has 0 N–H and O–H groups in total. The predicted molar refractivity (Wildman–Crippen MR) is 105 cm³/mol. The van der Waals surface area contributed by atoms with E-state index >= 15 is 0 Å². The van der Waals surface area contributed by atoms with Crippen molar-refractivity contribution in [1.82, 2.24) is 4.90 Å². The van der Waals surface area contributed by atoms with Crippen LogP contribution in [0.2, 0.25) is 0 Å². The first-order valence-electron chi connectivity index (χ1n) is 9.18. The molecule has 0 bridgehead atoms. The van der Waals surface area contributed by atoms with Crippen LogP contribution in [0.25, 0.3) is 0 Å². The average molecular weight is 356 g/mol. The lowest BCUT2D eigenvalue weighted by atomic mass is 9.89. The van der Waals surface area contributed by atoms with Gasteiger partial charge in [0.15, 0.2) is 5.78 Å². The Kier molecular flexibility index (Phi) is 5.93. The lowest BCUT2D eigenvalue weighted by molar-refractivity contribution is 0.0875. The topological polar surface area (TPSA) is 20.3 Å². The first-order chi connectivity index (χ1) is 11.8. The monoisotopic (exact) mass is 355 g/mol. The summed E-state index contributed by atoms with van der Waals surface area (Å²) >= 11 is 0. The van der Waals surface area contributed by atoms with Crippen molar-refractivity contribution in [3.05, 3.63) is 71.3 Å². The fourth-order valence-electron chi connectivity index (χ4n) is 4.30. The second kappa shape index (κ2) is 8.16. The molecular formula is C22H26ClNO. The number of piperidine rings is 1. The predicted octanol–water partition coefficient (Wildman–Crippen LogP) is 4.42. The average Bonchev–Trinajstić information content (AvgIpc) is 2.94. The summed E-state index contributed by atoms with van der Waals surface area (Å²) in [4.78, 5) is 15.1. The molecule has 0 amide bonds. The maximum Gasteiger partial charge on any atom is 0.167 e. The number of carbonyl (C=O) groups excluding carboxylic acids is 1. The molecule has 2 nitrogen and oxygen atoms in total. The van der Waals surface area contributed by atoms with Crippen molar-refractivity contribution < 1.29 is 4.79 Å². The number of halogens is 1. The summed E-state index contributed by atoms with van der Waals surface area (Å²) in [5.41, 5.74) is 3.66. The third-order valence-corrected chi connectivity index (χ3v) is 5.67. The van der Waals surface area contributed by atoms with E-state index in [0.717, 1.165) is 37.5 Å². The largest absolute Gasteiger partial charge is 0.303 e. The molecule has 4 rings (SSSR count). The van der Waals surface area contributed by atoms with Gasteiger partial charge in [0.1, 0.15) is 0 Å². The van der Waals surface area contributed by atoms with Crippen LogP contribution in [0.3, 0.4) is 0 Å². The van der Waals surface area contributed by atoms with Gasteiger partial charge in [0.05, 0.1) is 0 Å². The highest BCUT2D eigenvalue weighted by atomic mass is 35.5. The molecule has 2 aromatic rings. The van der Waals surface area contributed by atoms with Gasteiger partial charge < -0.3 is 4.90 Å². The minimum absolute atomic E-state index is 0. The number of fused-ring (bicyclic) bond motifs is 1. The van der Waals surface area contributed by atoms with Crippen molar-refractivity contribution >= 4 is 18.2 Å². The van der Waals surface area contributed by atoms with Crippen LogP contribution in [-0.2, 0) is 12.8 Å². The first-order valence-corrected chi connectivity index (χ1v) is 9.18. The molecule has 1 aliphatic heterocycles. The molecule has 0 saturated carbocycles. The number of benzene rings is 2. The van der Waals surface area contributed by atoms with Crippen molar-refractivity contribution in [3.63, 3.8) is 0 Å². The van der Waals surface area contributed by atoms with Crippen molar-refractivity contribution in [3.8, 4) is 0 Å². The van der Waals surface area contributed by atoms with Crippen molar-refractivity contribution in [2.75, 3.05) is 19.6 Å². The van der Waals surface area contributed by atoms with Gasteiger partial charge in [0.25, 0.3) is 0 Å². The van der Waals surface area contributed by atoms with E-state index in [4.69, 9.17) is 0 Å². The number of rotatable bonds is 4. The normalized spacial score (nSPS) is 21.0. The summed E-state index contributed by atoms with van der Waals surface area (Å²) < 4.78 is 0. The number of hydrogen-bond acceptors (Lipinski definition) is 2. The minimum atomic E-state index is 0. The Hall–Kier alpha value is -1.64. The Morgan fingerprint density at radius 3 is 2.32 bits per heavy atom. The third-order valence-electron chi connectivity index (χ3n) is 5.67. The van der Waals surface area contributed by atoms with Crippen LogP contribution >= 0.6 is 12.4 Å². The highest BCUT2D eigenvalue weighted by molar-refractivity contribution is 6.02.